The van der Waals surface area contributed by atoms with Gasteiger partial charge in [-0.2, -0.15) is 0 Å². The van der Waals surface area contributed by atoms with Gasteiger partial charge in [0.2, 0.25) is 0 Å². The minimum Gasteiger partial charge on any atom is -0.385 e. The molecule has 2 aromatic rings. The van der Waals surface area contributed by atoms with Gasteiger partial charge in [-0.1, -0.05) is 30.3 Å². The van der Waals surface area contributed by atoms with E-state index >= 15 is 0 Å². The number of pyridine rings is 1. The molecule has 0 bridgehead atoms. The number of nitrogens with zero attached hydrogens (tertiary/aromatic N) is 1. The summed E-state index contributed by atoms with van der Waals surface area (Å²) in [5.41, 5.74) is 2.11. The lowest BCUT2D eigenvalue weighted by Gasteiger charge is -2.24. The highest BCUT2D eigenvalue weighted by Crippen LogP contribution is 2.11. The number of aliphatic hydroxyl groups excluding tert-OH is 1. The molecule has 1 aromatic heterocycles. The fourth-order valence-electron chi connectivity index (χ4n) is 3.03. The molecule has 1 aliphatic rings. The monoisotopic (exact) mass is 354 g/mol. The van der Waals surface area contributed by atoms with Crippen molar-refractivity contribution in [3.05, 3.63) is 65.5 Å². The third kappa shape index (κ3) is 5.36. The maximum atomic E-state index is 12.2. The Kier molecular flexibility index (Phi) is 6.71. The number of piperidine rings is 1. The predicted octanol–water partition coefficient (Wildman–Crippen LogP) is 1.39. The Hall–Kier alpha value is -2.28. The van der Waals surface area contributed by atoms with Gasteiger partial charge in [-0.05, 0) is 43.6 Å². The first-order chi connectivity index (χ1) is 12.7. The van der Waals surface area contributed by atoms with Crippen LogP contribution in [0.4, 0.5) is 0 Å². The van der Waals surface area contributed by atoms with Crippen LogP contribution in [0.2, 0.25) is 0 Å². The topological polar surface area (TPSA) is 86.3 Å². The van der Waals surface area contributed by atoms with Crippen molar-refractivity contribution in [3.8, 4) is 0 Å². The van der Waals surface area contributed by atoms with Crippen molar-refractivity contribution < 1.29 is 9.90 Å². The summed E-state index contributed by atoms with van der Waals surface area (Å²) >= 11 is 0. The van der Waals surface area contributed by atoms with Gasteiger partial charge in [0.25, 0.3) is 5.91 Å². The first kappa shape index (κ1) is 18.5. The predicted molar refractivity (Wildman–Crippen MR) is 101 cm³/mol. The number of hydrogen-bond donors (Lipinski definition) is 4. The molecule has 3 rings (SSSR count). The highest BCUT2D eigenvalue weighted by atomic mass is 16.3. The summed E-state index contributed by atoms with van der Waals surface area (Å²) in [5.74, 6) is -0.171. The fourth-order valence-corrected chi connectivity index (χ4v) is 3.03. The molecule has 1 aromatic carbocycles. The van der Waals surface area contributed by atoms with E-state index in [0.717, 1.165) is 31.5 Å². The quantitative estimate of drug-likeness (QED) is 0.604. The summed E-state index contributed by atoms with van der Waals surface area (Å²) in [6.45, 7) is 2.97. The Balaban J connectivity index is 1.48. The molecule has 1 atom stereocenters. The van der Waals surface area contributed by atoms with Gasteiger partial charge in [0, 0.05) is 25.3 Å². The molecular weight excluding hydrogens is 328 g/mol. The van der Waals surface area contributed by atoms with Crippen LogP contribution < -0.4 is 16.0 Å². The largest absolute Gasteiger partial charge is 0.385 e. The average Bonchev–Trinajstić information content (AvgIpc) is 2.72. The molecule has 0 radical (unpaired) electrons. The van der Waals surface area contributed by atoms with Crippen molar-refractivity contribution in [2.24, 2.45) is 0 Å². The van der Waals surface area contributed by atoms with Crippen LogP contribution in [0.15, 0.2) is 48.7 Å². The van der Waals surface area contributed by atoms with Gasteiger partial charge in [0.15, 0.2) is 0 Å². The van der Waals surface area contributed by atoms with Gasteiger partial charge in [-0.15, -0.1) is 0 Å². The van der Waals surface area contributed by atoms with E-state index in [0.29, 0.717) is 30.4 Å². The van der Waals surface area contributed by atoms with Gasteiger partial charge in [-0.25, -0.2) is 0 Å². The van der Waals surface area contributed by atoms with E-state index in [1.54, 1.807) is 12.1 Å². The van der Waals surface area contributed by atoms with E-state index < -0.39 is 6.10 Å². The van der Waals surface area contributed by atoms with E-state index in [4.69, 9.17) is 0 Å². The number of aromatic nitrogens is 1. The highest BCUT2D eigenvalue weighted by Gasteiger charge is 2.16. The summed E-state index contributed by atoms with van der Waals surface area (Å²) in [6.07, 6.45) is 2.98. The molecular formula is C20H26N4O2. The molecule has 0 spiro atoms. The molecule has 1 fully saturated rings. The Morgan fingerprint density at radius 3 is 2.65 bits per heavy atom. The minimum absolute atomic E-state index is 0.171. The molecule has 2 heterocycles. The Morgan fingerprint density at radius 2 is 1.96 bits per heavy atom. The van der Waals surface area contributed by atoms with Crippen molar-refractivity contribution in [2.75, 3.05) is 19.6 Å². The fraction of sp³-hybridized carbons (Fsp3) is 0.400. The van der Waals surface area contributed by atoms with Gasteiger partial charge >= 0.3 is 0 Å². The standard InChI is InChI=1S/C20H26N4O2/c25-19(14-22-17-8-10-21-11-9-17)18-7-6-16(13-23-18)20(26)24-12-15-4-2-1-3-5-15/h1-7,13,17,19,21-22,25H,8-12,14H2,(H,24,26). The van der Waals surface area contributed by atoms with Crippen LogP contribution in [0, 0.1) is 0 Å². The van der Waals surface area contributed by atoms with E-state index in [9.17, 15) is 9.90 Å². The van der Waals surface area contributed by atoms with E-state index in [2.05, 4.69) is 20.9 Å². The van der Waals surface area contributed by atoms with Crippen LogP contribution in [-0.2, 0) is 6.54 Å². The summed E-state index contributed by atoms with van der Waals surface area (Å²) < 4.78 is 0. The number of rotatable bonds is 7. The SMILES string of the molecule is O=C(NCc1ccccc1)c1ccc(C(O)CNC2CCNCC2)nc1. The second-order valence-electron chi connectivity index (χ2n) is 6.59. The summed E-state index contributed by atoms with van der Waals surface area (Å²) in [6, 6.07) is 13.6. The number of aliphatic hydroxyl groups is 1. The number of amides is 1. The van der Waals surface area contributed by atoms with Crippen molar-refractivity contribution >= 4 is 5.91 Å². The van der Waals surface area contributed by atoms with E-state index in [-0.39, 0.29) is 5.91 Å². The first-order valence-electron chi connectivity index (χ1n) is 9.12. The van der Waals surface area contributed by atoms with Gasteiger partial charge in [0.1, 0.15) is 6.10 Å². The third-order valence-electron chi connectivity index (χ3n) is 4.62. The van der Waals surface area contributed by atoms with Crippen LogP contribution in [0.5, 0.6) is 0 Å². The van der Waals surface area contributed by atoms with Crippen molar-refractivity contribution in [1.82, 2.24) is 20.9 Å². The number of hydrogen-bond acceptors (Lipinski definition) is 5. The number of carbonyl (C=O) groups is 1. The van der Waals surface area contributed by atoms with Crippen molar-refractivity contribution in [2.45, 2.75) is 31.5 Å². The van der Waals surface area contributed by atoms with Gasteiger partial charge < -0.3 is 21.1 Å². The lowest BCUT2D eigenvalue weighted by Crippen LogP contribution is -2.41. The summed E-state index contributed by atoms with van der Waals surface area (Å²) in [7, 11) is 0. The molecule has 138 valence electrons. The molecule has 1 unspecified atom stereocenters. The number of benzene rings is 1. The van der Waals surface area contributed by atoms with Crippen LogP contribution in [-0.4, -0.2) is 41.7 Å². The lowest BCUT2D eigenvalue weighted by atomic mass is 10.1. The van der Waals surface area contributed by atoms with Crippen LogP contribution >= 0.6 is 0 Å². The normalized spacial score (nSPS) is 16.2. The molecule has 0 saturated carbocycles. The summed E-state index contributed by atoms with van der Waals surface area (Å²) in [4.78, 5) is 16.5. The molecule has 26 heavy (non-hydrogen) atoms. The van der Waals surface area contributed by atoms with Crippen molar-refractivity contribution in [3.63, 3.8) is 0 Å². The maximum Gasteiger partial charge on any atom is 0.253 e. The first-order valence-corrected chi connectivity index (χ1v) is 9.12. The zero-order valence-electron chi connectivity index (χ0n) is 14.8. The smallest absolute Gasteiger partial charge is 0.253 e. The molecule has 0 aliphatic carbocycles. The number of nitrogens with one attached hydrogen (secondary N) is 3. The zero-order valence-corrected chi connectivity index (χ0v) is 14.8. The van der Waals surface area contributed by atoms with Crippen LogP contribution in [0.1, 0.15) is 40.6 Å². The van der Waals surface area contributed by atoms with Gasteiger partial charge in [-0.3, -0.25) is 9.78 Å². The lowest BCUT2D eigenvalue weighted by molar-refractivity contribution is 0.0950. The Bertz CT molecular complexity index is 685. The Morgan fingerprint density at radius 1 is 1.19 bits per heavy atom. The second kappa shape index (κ2) is 9.43. The van der Waals surface area contributed by atoms with E-state index in [1.165, 1.54) is 6.20 Å². The number of carbonyl (C=O) groups excluding carboxylic acids is 1. The molecule has 1 aliphatic heterocycles. The van der Waals surface area contributed by atoms with Crippen molar-refractivity contribution in [1.29, 1.82) is 0 Å². The zero-order chi connectivity index (χ0) is 18.2. The molecule has 4 N–H and O–H groups in total. The van der Waals surface area contributed by atoms with Crippen LogP contribution in [0.25, 0.3) is 0 Å². The molecule has 1 amide bonds. The Labute approximate surface area is 154 Å². The van der Waals surface area contributed by atoms with Crippen LogP contribution in [0.3, 0.4) is 0 Å². The minimum atomic E-state index is -0.675. The summed E-state index contributed by atoms with van der Waals surface area (Å²) in [5, 5.41) is 19.9. The third-order valence-corrected chi connectivity index (χ3v) is 4.62. The molecule has 1 saturated heterocycles. The van der Waals surface area contributed by atoms with E-state index in [1.807, 2.05) is 30.3 Å². The average molecular weight is 354 g/mol. The maximum absolute atomic E-state index is 12.2. The molecule has 6 heteroatoms. The molecule has 6 nitrogen and oxygen atoms in total. The second-order valence-corrected chi connectivity index (χ2v) is 6.59. The van der Waals surface area contributed by atoms with Gasteiger partial charge in [0.05, 0.1) is 11.3 Å². The highest BCUT2D eigenvalue weighted by molar-refractivity contribution is 5.93.